The van der Waals surface area contributed by atoms with Crippen LogP contribution in [-0.4, -0.2) is 32.3 Å². The van der Waals surface area contributed by atoms with Crippen LogP contribution in [0.2, 0.25) is 0 Å². The Balaban J connectivity index is 0.00000144. The number of ether oxygens (including phenoxy) is 1. The van der Waals surface area contributed by atoms with Crippen LogP contribution in [0.5, 0.6) is 0 Å². The Kier molecular flexibility index (Phi) is 4.43. The number of hydrogen-bond donors (Lipinski definition) is 2. The molecule has 0 atom stereocenters. The lowest BCUT2D eigenvalue weighted by atomic mass is 10.0. The zero-order valence-electron chi connectivity index (χ0n) is 12.2. The number of fused-ring (bicyclic) bond motifs is 3. The second kappa shape index (κ2) is 6.48. The van der Waals surface area contributed by atoms with Crippen molar-refractivity contribution in [3.63, 3.8) is 0 Å². The predicted molar refractivity (Wildman–Crippen MR) is 84.1 cm³/mol. The van der Waals surface area contributed by atoms with Gasteiger partial charge >= 0.3 is 5.96 Å². The van der Waals surface area contributed by atoms with Gasteiger partial charge in [-0.3, -0.25) is 10.2 Å². The van der Waals surface area contributed by atoms with Crippen LogP contribution in [0.1, 0.15) is 0 Å². The summed E-state index contributed by atoms with van der Waals surface area (Å²) in [5.41, 5.74) is 4.55. The first kappa shape index (κ1) is 15.0. The number of halogens is 1. The fourth-order valence-corrected chi connectivity index (χ4v) is 2.92. The maximum absolute atomic E-state index is 5.46. The van der Waals surface area contributed by atoms with Crippen molar-refractivity contribution in [3.8, 4) is 11.1 Å². The van der Waals surface area contributed by atoms with Gasteiger partial charge in [0.05, 0.1) is 24.6 Å². The van der Waals surface area contributed by atoms with Gasteiger partial charge in [0.2, 0.25) is 0 Å². The van der Waals surface area contributed by atoms with Crippen molar-refractivity contribution in [3.05, 3.63) is 48.5 Å². The highest BCUT2D eigenvalue weighted by atomic mass is 35.5. The average Bonchev–Trinajstić information content (AvgIpc) is 2.72. The highest BCUT2D eigenvalue weighted by Crippen LogP contribution is 2.36. The lowest BCUT2D eigenvalue weighted by molar-refractivity contribution is -0.816. The first-order valence-corrected chi connectivity index (χ1v) is 7.39. The van der Waals surface area contributed by atoms with Gasteiger partial charge in [-0.15, -0.1) is 0 Å². The molecule has 0 amide bonds. The Bertz CT molecular complexity index is 696. The van der Waals surface area contributed by atoms with Gasteiger partial charge in [0, 0.05) is 11.1 Å². The highest BCUT2D eigenvalue weighted by molar-refractivity contribution is 5.99. The van der Waals surface area contributed by atoms with E-state index in [0.717, 1.165) is 43.6 Å². The van der Waals surface area contributed by atoms with Crippen LogP contribution in [0.15, 0.2) is 53.5 Å². The molecule has 2 N–H and O–H groups in total. The van der Waals surface area contributed by atoms with E-state index >= 15 is 0 Å². The molecular formula is C17H18ClN3O. The Morgan fingerprint density at radius 2 is 1.59 bits per heavy atom. The van der Waals surface area contributed by atoms with Gasteiger partial charge in [-0.2, -0.15) is 4.99 Å². The Morgan fingerprint density at radius 1 is 0.909 bits per heavy atom. The monoisotopic (exact) mass is 315 g/mol. The fraction of sp³-hybridized carbons (Fsp3) is 0.235. The van der Waals surface area contributed by atoms with E-state index in [1.807, 2.05) is 6.07 Å². The number of aliphatic imine (C=N–C) groups is 1. The summed E-state index contributed by atoms with van der Waals surface area (Å²) in [6.07, 6.45) is 0. The Morgan fingerprint density at radius 3 is 2.41 bits per heavy atom. The number of nitrogens with zero attached hydrogens (tertiary/aromatic N) is 1. The summed E-state index contributed by atoms with van der Waals surface area (Å²) in [7, 11) is 0. The standard InChI is InChI=1S/C17H17N3O.ClH/c1-3-7-15-13(5-1)14-6-2-4-8-16(14)19-17(18-15)20-9-11-21-12-10-20;/h1-8H,9-12H2,(H,18,19);1H. The topological polar surface area (TPSA) is 38.1 Å². The van der Waals surface area contributed by atoms with Gasteiger partial charge in [-0.1, -0.05) is 36.4 Å². The van der Waals surface area contributed by atoms with Gasteiger partial charge in [-0.25, -0.2) is 0 Å². The SMILES string of the molecule is [Cl-].c1ccc2c(c1)N=C([NH+]1CCOCC1)Nc1ccccc1-2. The van der Waals surface area contributed by atoms with E-state index in [1.165, 1.54) is 16.0 Å². The van der Waals surface area contributed by atoms with Crippen molar-refractivity contribution >= 4 is 17.3 Å². The van der Waals surface area contributed by atoms with Crippen LogP contribution in [0.4, 0.5) is 11.4 Å². The molecule has 2 aromatic carbocycles. The lowest BCUT2D eigenvalue weighted by Crippen LogP contribution is -3.17. The minimum Gasteiger partial charge on any atom is -1.00 e. The van der Waals surface area contributed by atoms with Gasteiger partial charge in [0.1, 0.15) is 13.1 Å². The van der Waals surface area contributed by atoms with E-state index in [9.17, 15) is 0 Å². The van der Waals surface area contributed by atoms with Gasteiger partial charge in [0.25, 0.3) is 0 Å². The molecule has 1 fully saturated rings. The average molecular weight is 316 g/mol. The highest BCUT2D eigenvalue weighted by Gasteiger charge is 2.25. The molecule has 22 heavy (non-hydrogen) atoms. The molecular weight excluding hydrogens is 298 g/mol. The van der Waals surface area contributed by atoms with Crippen molar-refractivity contribution in [1.29, 1.82) is 0 Å². The fourth-order valence-electron chi connectivity index (χ4n) is 2.92. The number of benzene rings is 2. The second-order valence-electron chi connectivity index (χ2n) is 5.36. The Labute approximate surface area is 136 Å². The summed E-state index contributed by atoms with van der Waals surface area (Å²) in [5, 5.41) is 3.53. The molecule has 5 heteroatoms. The molecule has 2 aliphatic heterocycles. The van der Waals surface area contributed by atoms with Crippen LogP contribution in [0.25, 0.3) is 11.1 Å². The third-order valence-electron chi connectivity index (χ3n) is 4.04. The van der Waals surface area contributed by atoms with Crippen LogP contribution in [0.3, 0.4) is 0 Å². The number of hydrogen-bond acceptors (Lipinski definition) is 3. The van der Waals surface area contributed by atoms with Crippen LogP contribution < -0.4 is 22.6 Å². The number of para-hydroxylation sites is 2. The van der Waals surface area contributed by atoms with Crippen LogP contribution in [-0.2, 0) is 4.74 Å². The van der Waals surface area contributed by atoms with E-state index in [-0.39, 0.29) is 12.4 Å². The summed E-state index contributed by atoms with van der Waals surface area (Å²) in [6, 6.07) is 16.7. The molecule has 2 heterocycles. The maximum Gasteiger partial charge on any atom is 0.305 e. The van der Waals surface area contributed by atoms with E-state index in [0.29, 0.717) is 0 Å². The molecule has 0 aliphatic carbocycles. The van der Waals surface area contributed by atoms with Gasteiger partial charge in [-0.05, 0) is 12.1 Å². The van der Waals surface area contributed by atoms with E-state index in [4.69, 9.17) is 9.73 Å². The number of guanidine groups is 1. The molecule has 0 saturated carbocycles. The number of nitrogens with one attached hydrogen (secondary N) is 2. The lowest BCUT2D eigenvalue weighted by Gasteiger charge is -2.24. The minimum absolute atomic E-state index is 0. The largest absolute Gasteiger partial charge is 1.00 e. The van der Waals surface area contributed by atoms with Gasteiger partial charge < -0.3 is 17.1 Å². The van der Waals surface area contributed by atoms with Gasteiger partial charge in [0.15, 0.2) is 0 Å². The summed E-state index contributed by atoms with van der Waals surface area (Å²) in [4.78, 5) is 6.24. The molecule has 0 spiro atoms. The minimum atomic E-state index is 0. The molecule has 1 saturated heterocycles. The normalized spacial score (nSPS) is 17.2. The molecule has 4 nitrogen and oxygen atoms in total. The zero-order chi connectivity index (χ0) is 14.1. The number of anilines is 1. The summed E-state index contributed by atoms with van der Waals surface area (Å²) in [6.45, 7) is 3.49. The van der Waals surface area contributed by atoms with E-state index in [2.05, 4.69) is 47.8 Å². The van der Waals surface area contributed by atoms with Crippen LogP contribution in [0, 0.1) is 0 Å². The van der Waals surface area contributed by atoms with Crippen molar-refractivity contribution in [1.82, 2.24) is 0 Å². The quantitative estimate of drug-likeness (QED) is 0.633. The summed E-state index contributed by atoms with van der Waals surface area (Å²) < 4.78 is 5.46. The molecule has 2 aromatic rings. The summed E-state index contributed by atoms with van der Waals surface area (Å²) >= 11 is 0. The van der Waals surface area contributed by atoms with Crippen molar-refractivity contribution in [2.75, 3.05) is 31.6 Å². The molecule has 0 aromatic heterocycles. The predicted octanol–water partition coefficient (Wildman–Crippen LogP) is -1.31. The summed E-state index contributed by atoms with van der Waals surface area (Å²) in [5.74, 6) is 0.996. The number of rotatable bonds is 0. The first-order chi connectivity index (χ1) is 10.4. The van der Waals surface area contributed by atoms with E-state index in [1.54, 1.807) is 0 Å². The molecule has 0 radical (unpaired) electrons. The maximum atomic E-state index is 5.46. The molecule has 0 unspecified atom stereocenters. The second-order valence-corrected chi connectivity index (χ2v) is 5.36. The zero-order valence-corrected chi connectivity index (χ0v) is 12.9. The van der Waals surface area contributed by atoms with E-state index < -0.39 is 0 Å². The Hall–Kier alpha value is -1.88. The number of quaternary nitrogens is 1. The first-order valence-electron chi connectivity index (χ1n) is 7.39. The third-order valence-corrected chi connectivity index (χ3v) is 4.04. The van der Waals surface area contributed by atoms with Crippen molar-refractivity contribution in [2.24, 2.45) is 4.99 Å². The van der Waals surface area contributed by atoms with Crippen molar-refractivity contribution < 1.29 is 22.0 Å². The molecule has 2 aliphatic rings. The third kappa shape index (κ3) is 2.73. The van der Waals surface area contributed by atoms with Crippen LogP contribution >= 0.6 is 0 Å². The van der Waals surface area contributed by atoms with Crippen molar-refractivity contribution in [2.45, 2.75) is 0 Å². The molecule has 114 valence electrons. The molecule has 4 rings (SSSR count). The number of morpholine rings is 1. The smallest absolute Gasteiger partial charge is 0.305 e. The molecule has 0 bridgehead atoms.